The standard InChI is InChI=1S/C12H7FN4O3/c13-7-1-8(4-14-3-7)20-9-2-10(12(18)19)11-15-6-16-17(11)5-9/h1-6H,(H,18,19). The largest absolute Gasteiger partial charge is 0.478 e. The van der Waals surface area contributed by atoms with E-state index in [0.717, 1.165) is 12.3 Å². The van der Waals surface area contributed by atoms with Gasteiger partial charge in [0.15, 0.2) is 5.65 Å². The Bertz CT molecular complexity index is 802. The van der Waals surface area contributed by atoms with Crippen molar-refractivity contribution in [2.45, 2.75) is 0 Å². The van der Waals surface area contributed by atoms with Gasteiger partial charge < -0.3 is 9.84 Å². The van der Waals surface area contributed by atoms with Gasteiger partial charge in [-0.1, -0.05) is 0 Å². The molecule has 100 valence electrons. The number of rotatable bonds is 3. The molecular formula is C12H7FN4O3. The van der Waals surface area contributed by atoms with Crippen LogP contribution in [0.3, 0.4) is 0 Å². The molecule has 0 aromatic carbocycles. The SMILES string of the molecule is O=C(O)c1cc(Oc2cncc(F)c2)cn2ncnc12. The minimum absolute atomic E-state index is 0.0654. The highest BCUT2D eigenvalue weighted by atomic mass is 19.1. The fourth-order valence-electron chi connectivity index (χ4n) is 1.70. The maximum Gasteiger partial charge on any atom is 0.339 e. The van der Waals surface area contributed by atoms with E-state index >= 15 is 0 Å². The van der Waals surface area contributed by atoms with E-state index in [4.69, 9.17) is 9.84 Å². The summed E-state index contributed by atoms with van der Waals surface area (Å²) in [5.74, 6) is -1.37. The molecule has 1 N–H and O–H groups in total. The number of hydrogen-bond acceptors (Lipinski definition) is 5. The number of ether oxygens (including phenoxy) is 1. The van der Waals surface area contributed by atoms with Crippen molar-refractivity contribution in [2.24, 2.45) is 0 Å². The Labute approximate surface area is 111 Å². The number of aromatic carboxylic acids is 1. The van der Waals surface area contributed by atoms with Crippen LogP contribution >= 0.6 is 0 Å². The van der Waals surface area contributed by atoms with Crippen LogP contribution in [-0.4, -0.2) is 30.7 Å². The van der Waals surface area contributed by atoms with E-state index in [1.165, 1.54) is 29.3 Å². The van der Waals surface area contributed by atoms with Gasteiger partial charge in [0.2, 0.25) is 0 Å². The first kappa shape index (κ1) is 12.0. The van der Waals surface area contributed by atoms with Crippen LogP contribution in [0.25, 0.3) is 5.65 Å². The first-order valence-corrected chi connectivity index (χ1v) is 5.48. The van der Waals surface area contributed by atoms with E-state index < -0.39 is 11.8 Å². The summed E-state index contributed by atoms with van der Waals surface area (Å²) >= 11 is 0. The Morgan fingerprint density at radius 2 is 2.15 bits per heavy atom. The molecule has 0 atom stereocenters. The Morgan fingerprint density at radius 3 is 2.90 bits per heavy atom. The molecule has 0 aliphatic carbocycles. The Kier molecular flexibility index (Phi) is 2.75. The molecule has 0 amide bonds. The summed E-state index contributed by atoms with van der Waals surface area (Å²) in [6.07, 6.45) is 5.03. The lowest BCUT2D eigenvalue weighted by Crippen LogP contribution is -2.02. The van der Waals surface area contributed by atoms with Crippen LogP contribution in [0.2, 0.25) is 0 Å². The summed E-state index contributed by atoms with van der Waals surface area (Å²) < 4.78 is 19.7. The molecule has 7 nitrogen and oxygen atoms in total. The first-order chi connectivity index (χ1) is 9.63. The number of hydrogen-bond donors (Lipinski definition) is 1. The van der Waals surface area contributed by atoms with Gasteiger partial charge in [-0.2, -0.15) is 5.10 Å². The van der Waals surface area contributed by atoms with Gasteiger partial charge >= 0.3 is 5.97 Å². The molecular weight excluding hydrogens is 267 g/mol. The molecule has 0 spiro atoms. The van der Waals surface area contributed by atoms with E-state index in [-0.39, 0.29) is 22.7 Å². The van der Waals surface area contributed by atoms with Crippen LogP contribution in [0.4, 0.5) is 4.39 Å². The third kappa shape index (κ3) is 2.14. The average Bonchev–Trinajstić information content (AvgIpc) is 2.85. The Morgan fingerprint density at radius 1 is 1.30 bits per heavy atom. The van der Waals surface area contributed by atoms with Crippen LogP contribution < -0.4 is 4.74 Å². The van der Waals surface area contributed by atoms with Crippen LogP contribution in [0.5, 0.6) is 11.5 Å². The Hall–Kier alpha value is -3.03. The first-order valence-electron chi connectivity index (χ1n) is 5.48. The molecule has 3 aromatic rings. The zero-order chi connectivity index (χ0) is 14.1. The lowest BCUT2D eigenvalue weighted by molar-refractivity contribution is 0.0698. The third-order valence-electron chi connectivity index (χ3n) is 2.50. The predicted molar refractivity (Wildman–Crippen MR) is 64.2 cm³/mol. The molecule has 0 unspecified atom stereocenters. The Balaban J connectivity index is 2.05. The number of pyridine rings is 2. The van der Waals surface area contributed by atoms with E-state index in [2.05, 4.69) is 15.1 Å². The minimum atomic E-state index is -1.16. The minimum Gasteiger partial charge on any atom is -0.478 e. The molecule has 0 saturated carbocycles. The number of carbonyl (C=O) groups is 1. The molecule has 0 radical (unpaired) electrons. The van der Waals surface area contributed by atoms with E-state index in [1.54, 1.807) is 0 Å². The fraction of sp³-hybridized carbons (Fsp3) is 0. The molecule has 3 heterocycles. The molecule has 3 aromatic heterocycles. The van der Waals surface area contributed by atoms with Gasteiger partial charge in [0.25, 0.3) is 0 Å². The number of carboxylic acid groups (broad SMARTS) is 1. The van der Waals surface area contributed by atoms with Crippen molar-refractivity contribution in [1.29, 1.82) is 0 Å². The molecule has 0 fully saturated rings. The van der Waals surface area contributed by atoms with Crippen molar-refractivity contribution in [2.75, 3.05) is 0 Å². The molecule has 8 heteroatoms. The highest BCUT2D eigenvalue weighted by Gasteiger charge is 2.14. The smallest absolute Gasteiger partial charge is 0.339 e. The van der Waals surface area contributed by atoms with E-state index in [1.807, 2.05) is 0 Å². The highest BCUT2D eigenvalue weighted by Crippen LogP contribution is 2.23. The number of fused-ring (bicyclic) bond motifs is 1. The maximum atomic E-state index is 13.0. The van der Waals surface area contributed by atoms with Gasteiger partial charge in [-0.25, -0.2) is 18.7 Å². The maximum absolute atomic E-state index is 13.0. The zero-order valence-electron chi connectivity index (χ0n) is 9.89. The summed E-state index contributed by atoms with van der Waals surface area (Å²) in [5, 5.41) is 13.0. The van der Waals surface area contributed by atoms with Gasteiger partial charge in [0.1, 0.15) is 29.2 Å². The van der Waals surface area contributed by atoms with Crippen molar-refractivity contribution in [3.05, 3.63) is 48.4 Å². The lowest BCUT2D eigenvalue weighted by Gasteiger charge is -2.07. The van der Waals surface area contributed by atoms with Crippen LogP contribution in [0.15, 0.2) is 37.1 Å². The summed E-state index contributed by atoms with van der Waals surface area (Å²) in [7, 11) is 0. The second-order valence-electron chi connectivity index (χ2n) is 3.86. The highest BCUT2D eigenvalue weighted by molar-refractivity contribution is 5.94. The van der Waals surface area contributed by atoms with Gasteiger partial charge in [0.05, 0.1) is 18.6 Å². The molecule has 0 aliphatic rings. The fourth-order valence-corrected chi connectivity index (χ4v) is 1.70. The second kappa shape index (κ2) is 4.57. The molecule has 0 aliphatic heterocycles. The van der Waals surface area contributed by atoms with Crippen molar-refractivity contribution >= 4 is 11.6 Å². The number of halogens is 1. The van der Waals surface area contributed by atoms with Crippen molar-refractivity contribution in [1.82, 2.24) is 19.6 Å². The van der Waals surface area contributed by atoms with Crippen molar-refractivity contribution in [3.63, 3.8) is 0 Å². The van der Waals surface area contributed by atoms with Crippen molar-refractivity contribution in [3.8, 4) is 11.5 Å². The summed E-state index contributed by atoms with van der Waals surface area (Å²) in [6, 6.07) is 2.43. The number of nitrogens with zero attached hydrogens (tertiary/aromatic N) is 4. The monoisotopic (exact) mass is 274 g/mol. The van der Waals surface area contributed by atoms with Gasteiger partial charge in [0, 0.05) is 12.1 Å². The zero-order valence-corrected chi connectivity index (χ0v) is 9.89. The molecule has 0 bridgehead atoms. The molecule has 20 heavy (non-hydrogen) atoms. The average molecular weight is 274 g/mol. The van der Waals surface area contributed by atoms with Crippen molar-refractivity contribution < 1.29 is 19.0 Å². The summed E-state index contributed by atoms with van der Waals surface area (Å²) in [4.78, 5) is 18.6. The van der Waals surface area contributed by atoms with Gasteiger partial charge in [-0.05, 0) is 0 Å². The second-order valence-corrected chi connectivity index (χ2v) is 3.86. The summed E-state index contributed by atoms with van der Waals surface area (Å²) in [6.45, 7) is 0. The quantitative estimate of drug-likeness (QED) is 0.782. The summed E-state index contributed by atoms with van der Waals surface area (Å²) in [5.41, 5.74) is 0.131. The number of aromatic nitrogens is 4. The van der Waals surface area contributed by atoms with Crippen LogP contribution in [0.1, 0.15) is 10.4 Å². The predicted octanol–water partition coefficient (Wildman–Crippen LogP) is 1.75. The topological polar surface area (TPSA) is 89.6 Å². The van der Waals surface area contributed by atoms with Gasteiger partial charge in [-0.15, -0.1) is 0 Å². The molecule has 3 rings (SSSR count). The number of carboxylic acids is 1. The van der Waals surface area contributed by atoms with Gasteiger partial charge in [-0.3, -0.25) is 4.98 Å². The molecule has 0 saturated heterocycles. The van der Waals surface area contributed by atoms with E-state index in [0.29, 0.717) is 0 Å². The van der Waals surface area contributed by atoms with E-state index in [9.17, 15) is 9.18 Å². The lowest BCUT2D eigenvalue weighted by atomic mass is 10.2. The van der Waals surface area contributed by atoms with Crippen LogP contribution in [0, 0.1) is 5.82 Å². The third-order valence-corrected chi connectivity index (χ3v) is 2.50. The normalized spacial score (nSPS) is 10.7. The van der Waals surface area contributed by atoms with Crippen LogP contribution in [-0.2, 0) is 0 Å².